The highest BCUT2D eigenvalue weighted by Gasteiger charge is 2.38. The molecule has 0 radical (unpaired) electrons. The number of likely N-dealkylation sites (tertiary alicyclic amines) is 1. The Morgan fingerprint density at radius 1 is 1.36 bits per heavy atom. The first-order valence-electron chi connectivity index (χ1n) is 8.71. The predicted octanol–water partition coefficient (Wildman–Crippen LogP) is 2.01. The van der Waals surface area contributed by atoms with E-state index in [1.165, 1.54) is 5.56 Å². The molecule has 0 aliphatic carbocycles. The first-order chi connectivity index (χ1) is 12.0. The van der Waals surface area contributed by atoms with Gasteiger partial charge in [0.25, 0.3) is 0 Å². The summed E-state index contributed by atoms with van der Waals surface area (Å²) in [6.07, 6.45) is 5.38. The molecule has 1 aliphatic heterocycles. The summed E-state index contributed by atoms with van der Waals surface area (Å²) >= 11 is 0. The molecular weight excluding hydrogens is 318 g/mol. The maximum atomic E-state index is 12.3. The number of β-amino-alcohol motifs (C(OH)–C–C–N with tert-alkyl or cyclic N) is 1. The van der Waals surface area contributed by atoms with E-state index in [-0.39, 0.29) is 12.5 Å². The Labute approximate surface area is 148 Å². The number of rotatable bonds is 7. The van der Waals surface area contributed by atoms with E-state index in [2.05, 4.69) is 5.10 Å². The van der Waals surface area contributed by atoms with Gasteiger partial charge in [-0.25, -0.2) is 0 Å². The van der Waals surface area contributed by atoms with E-state index < -0.39 is 5.60 Å². The van der Waals surface area contributed by atoms with Crippen molar-refractivity contribution in [2.75, 3.05) is 19.7 Å². The molecule has 1 aliphatic rings. The number of ether oxygens (including phenoxy) is 1. The SMILES string of the molecule is Cc1ccc(OC[C@]2(O)CCN(C(=O)CCCn3cccn3)C2)cc1. The van der Waals surface area contributed by atoms with E-state index in [0.29, 0.717) is 25.9 Å². The number of nitrogens with zero attached hydrogens (tertiary/aromatic N) is 3. The van der Waals surface area contributed by atoms with E-state index >= 15 is 0 Å². The summed E-state index contributed by atoms with van der Waals surface area (Å²) in [6.45, 7) is 3.86. The quantitative estimate of drug-likeness (QED) is 0.835. The highest BCUT2D eigenvalue weighted by molar-refractivity contribution is 5.76. The number of aryl methyl sites for hydroxylation is 2. The molecule has 0 unspecified atom stereocenters. The summed E-state index contributed by atoms with van der Waals surface area (Å²) in [7, 11) is 0. The van der Waals surface area contributed by atoms with Crippen LogP contribution in [0, 0.1) is 6.92 Å². The van der Waals surface area contributed by atoms with Gasteiger partial charge in [-0.1, -0.05) is 17.7 Å². The lowest BCUT2D eigenvalue weighted by Gasteiger charge is -2.23. The van der Waals surface area contributed by atoms with Crippen LogP contribution in [-0.2, 0) is 11.3 Å². The van der Waals surface area contributed by atoms with Crippen molar-refractivity contribution in [3.8, 4) is 5.75 Å². The van der Waals surface area contributed by atoms with Crippen LogP contribution in [0.5, 0.6) is 5.75 Å². The molecule has 1 saturated heterocycles. The molecule has 1 aromatic heterocycles. The molecule has 1 atom stereocenters. The second kappa shape index (κ2) is 7.70. The molecule has 6 nitrogen and oxygen atoms in total. The van der Waals surface area contributed by atoms with Crippen molar-refractivity contribution >= 4 is 5.91 Å². The zero-order chi connectivity index (χ0) is 17.7. The standard InChI is InChI=1S/C19H25N3O3/c1-16-5-7-17(8-6-16)25-15-19(24)9-13-21(14-19)18(23)4-2-11-22-12-3-10-20-22/h3,5-8,10,12,24H,2,4,9,11,13-15H2,1H3/t19-/m0/s1. The van der Waals surface area contributed by atoms with Crippen LogP contribution in [0.15, 0.2) is 42.7 Å². The zero-order valence-electron chi connectivity index (χ0n) is 14.6. The van der Waals surface area contributed by atoms with Gasteiger partial charge in [-0.2, -0.15) is 5.10 Å². The van der Waals surface area contributed by atoms with Gasteiger partial charge in [0.05, 0.1) is 6.54 Å². The summed E-state index contributed by atoms with van der Waals surface area (Å²) < 4.78 is 7.53. The van der Waals surface area contributed by atoms with E-state index in [0.717, 1.165) is 18.7 Å². The first kappa shape index (κ1) is 17.5. The molecule has 1 amide bonds. The lowest BCUT2D eigenvalue weighted by atomic mass is 10.1. The second-order valence-corrected chi connectivity index (χ2v) is 6.76. The number of carbonyl (C=O) groups is 1. The fourth-order valence-electron chi connectivity index (χ4n) is 3.02. The van der Waals surface area contributed by atoms with Crippen molar-refractivity contribution in [3.63, 3.8) is 0 Å². The van der Waals surface area contributed by atoms with Crippen LogP contribution < -0.4 is 4.74 Å². The molecule has 2 heterocycles. The Morgan fingerprint density at radius 3 is 2.88 bits per heavy atom. The minimum Gasteiger partial charge on any atom is -0.491 e. The number of benzene rings is 1. The number of aliphatic hydroxyl groups is 1. The number of amides is 1. The van der Waals surface area contributed by atoms with Gasteiger partial charge in [-0.3, -0.25) is 9.48 Å². The summed E-state index contributed by atoms with van der Waals surface area (Å²) in [4.78, 5) is 14.1. The molecule has 1 fully saturated rings. The van der Waals surface area contributed by atoms with Crippen LogP contribution in [0.25, 0.3) is 0 Å². The Hall–Kier alpha value is -2.34. The molecule has 134 valence electrons. The number of carbonyl (C=O) groups excluding carboxylic acids is 1. The third-order valence-electron chi connectivity index (χ3n) is 4.55. The van der Waals surface area contributed by atoms with Crippen molar-refractivity contribution in [2.24, 2.45) is 0 Å². The summed E-state index contributed by atoms with van der Waals surface area (Å²) in [6, 6.07) is 9.61. The van der Waals surface area contributed by atoms with Crippen LogP contribution in [0.4, 0.5) is 0 Å². The van der Waals surface area contributed by atoms with Crippen LogP contribution in [0.3, 0.4) is 0 Å². The lowest BCUT2D eigenvalue weighted by molar-refractivity contribution is -0.131. The first-order valence-corrected chi connectivity index (χ1v) is 8.71. The third kappa shape index (κ3) is 4.82. The average Bonchev–Trinajstić information content (AvgIpc) is 3.25. The van der Waals surface area contributed by atoms with E-state index in [1.807, 2.05) is 48.1 Å². The van der Waals surface area contributed by atoms with Gasteiger partial charge < -0.3 is 14.7 Å². The fourth-order valence-corrected chi connectivity index (χ4v) is 3.02. The van der Waals surface area contributed by atoms with Gasteiger partial charge in [0.2, 0.25) is 5.91 Å². The Balaban J connectivity index is 1.43. The number of aromatic nitrogens is 2. The monoisotopic (exact) mass is 343 g/mol. The molecule has 25 heavy (non-hydrogen) atoms. The molecule has 0 bridgehead atoms. The Kier molecular flexibility index (Phi) is 5.38. The maximum absolute atomic E-state index is 12.3. The summed E-state index contributed by atoms with van der Waals surface area (Å²) in [5, 5.41) is 14.8. The molecule has 6 heteroatoms. The van der Waals surface area contributed by atoms with Crippen LogP contribution >= 0.6 is 0 Å². The summed E-state index contributed by atoms with van der Waals surface area (Å²) in [5.74, 6) is 0.821. The van der Waals surface area contributed by atoms with Gasteiger partial charge in [0, 0.05) is 31.9 Å². The van der Waals surface area contributed by atoms with Crippen LogP contribution in [0.2, 0.25) is 0 Å². The van der Waals surface area contributed by atoms with Crippen LogP contribution in [0.1, 0.15) is 24.8 Å². The Bertz CT molecular complexity index is 684. The van der Waals surface area contributed by atoms with Gasteiger partial charge in [0.1, 0.15) is 18.0 Å². The number of hydrogen-bond donors (Lipinski definition) is 1. The Morgan fingerprint density at radius 2 is 2.16 bits per heavy atom. The van der Waals surface area contributed by atoms with Gasteiger partial charge >= 0.3 is 0 Å². The van der Waals surface area contributed by atoms with Crippen LogP contribution in [-0.4, -0.2) is 51.0 Å². The lowest BCUT2D eigenvalue weighted by Crippen LogP contribution is -2.40. The fraction of sp³-hybridized carbons (Fsp3) is 0.474. The van der Waals surface area contributed by atoms with Crippen molar-refractivity contribution in [3.05, 3.63) is 48.3 Å². The summed E-state index contributed by atoms with van der Waals surface area (Å²) in [5.41, 5.74) is 0.196. The molecule has 2 aromatic rings. The highest BCUT2D eigenvalue weighted by atomic mass is 16.5. The minimum absolute atomic E-state index is 0.0819. The van der Waals surface area contributed by atoms with Gasteiger partial charge in [-0.05, 0) is 38.0 Å². The van der Waals surface area contributed by atoms with Crippen molar-refractivity contribution < 1.29 is 14.6 Å². The maximum Gasteiger partial charge on any atom is 0.222 e. The molecule has 1 N–H and O–H groups in total. The van der Waals surface area contributed by atoms with E-state index in [4.69, 9.17) is 4.74 Å². The normalized spacial score (nSPS) is 20.0. The third-order valence-corrected chi connectivity index (χ3v) is 4.55. The molecule has 3 rings (SSSR count). The average molecular weight is 343 g/mol. The van der Waals surface area contributed by atoms with Gasteiger partial charge in [-0.15, -0.1) is 0 Å². The number of hydrogen-bond acceptors (Lipinski definition) is 4. The van der Waals surface area contributed by atoms with Crippen molar-refractivity contribution in [1.82, 2.24) is 14.7 Å². The van der Waals surface area contributed by atoms with Crippen molar-refractivity contribution in [2.45, 2.75) is 38.3 Å². The molecule has 1 aromatic carbocycles. The van der Waals surface area contributed by atoms with E-state index in [9.17, 15) is 9.90 Å². The predicted molar refractivity (Wildman–Crippen MR) is 94.3 cm³/mol. The smallest absolute Gasteiger partial charge is 0.222 e. The largest absolute Gasteiger partial charge is 0.491 e. The minimum atomic E-state index is -0.970. The van der Waals surface area contributed by atoms with Crippen molar-refractivity contribution in [1.29, 1.82) is 0 Å². The molecular formula is C19H25N3O3. The zero-order valence-corrected chi connectivity index (χ0v) is 14.6. The molecule has 0 saturated carbocycles. The molecule has 0 spiro atoms. The topological polar surface area (TPSA) is 67.6 Å². The van der Waals surface area contributed by atoms with Gasteiger partial charge in [0.15, 0.2) is 0 Å². The highest BCUT2D eigenvalue weighted by Crippen LogP contribution is 2.24. The second-order valence-electron chi connectivity index (χ2n) is 6.76. The van der Waals surface area contributed by atoms with E-state index in [1.54, 1.807) is 11.1 Å².